The molecule has 0 heterocycles. The molecule has 0 atom stereocenters. The minimum atomic E-state index is -0.663. The van der Waals surface area contributed by atoms with Crippen molar-refractivity contribution in [2.45, 2.75) is 232 Å². The van der Waals surface area contributed by atoms with Crippen LogP contribution in [0.1, 0.15) is 232 Å². The van der Waals surface area contributed by atoms with Gasteiger partial charge in [-0.3, -0.25) is 9.59 Å². The molecular formula is C42H80O4. The molecule has 0 aliphatic heterocycles. The standard InChI is InChI=1S/C22H42O2.C20H38O2/c1-2-3-4-5-6-7-8-9-10-11-12-13-14-15-16-17-18-19-20-21-22(23)24;1-2-3-4-5-6-7-8-9-10-11-12-13-14-15-16-17-18-19-20(21)22/h9-10H,2-8,11-21H2,1H3,(H,23,24);11-12H,2-10,13-19H2,1H3,(H,21,22)/b10-9-;. The molecule has 0 aliphatic rings. The average Bonchev–Trinajstić information content (AvgIpc) is 3.03. The number of hydrogen-bond donors (Lipinski definition) is 2. The first-order chi connectivity index (χ1) is 22.5. The summed E-state index contributed by atoms with van der Waals surface area (Å²) in [4.78, 5) is 20.7. The monoisotopic (exact) mass is 649 g/mol. The largest absolute Gasteiger partial charge is 0.481 e. The minimum absolute atomic E-state index is 0.332. The summed E-state index contributed by atoms with van der Waals surface area (Å²) in [5.74, 6) is -1.32. The molecule has 0 spiro atoms. The van der Waals surface area contributed by atoms with E-state index in [9.17, 15) is 9.59 Å². The van der Waals surface area contributed by atoms with Crippen LogP contribution in [0.3, 0.4) is 0 Å². The molecule has 2 N–H and O–H groups in total. The zero-order valence-electron chi connectivity index (χ0n) is 31.1. The molecule has 0 rings (SSSR count). The molecule has 4 nitrogen and oxygen atoms in total. The Morgan fingerprint density at radius 1 is 0.326 bits per heavy atom. The average molecular weight is 649 g/mol. The van der Waals surface area contributed by atoms with E-state index < -0.39 is 11.9 Å². The summed E-state index contributed by atoms with van der Waals surface area (Å²) in [6, 6.07) is 0. The molecule has 46 heavy (non-hydrogen) atoms. The van der Waals surface area contributed by atoms with Crippen LogP contribution in [0.15, 0.2) is 24.3 Å². The first-order valence-electron chi connectivity index (χ1n) is 20.3. The minimum Gasteiger partial charge on any atom is -0.481 e. The van der Waals surface area contributed by atoms with E-state index in [1.54, 1.807) is 0 Å². The number of carboxylic acid groups (broad SMARTS) is 2. The molecule has 0 bridgehead atoms. The molecule has 0 saturated carbocycles. The lowest BCUT2D eigenvalue weighted by molar-refractivity contribution is -0.138. The molecule has 0 aliphatic carbocycles. The van der Waals surface area contributed by atoms with Gasteiger partial charge in [-0.15, -0.1) is 0 Å². The van der Waals surface area contributed by atoms with Crippen LogP contribution in [0.2, 0.25) is 0 Å². The van der Waals surface area contributed by atoms with Gasteiger partial charge >= 0.3 is 11.9 Å². The maximum atomic E-state index is 10.4. The quantitative estimate of drug-likeness (QED) is 0.0523. The lowest BCUT2D eigenvalue weighted by Gasteiger charge is -2.01. The molecule has 0 aromatic heterocycles. The van der Waals surface area contributed by atoms with Crippen LogP contribution in [0.4, 0.5) is 0 Å². The van der Waals surface area contributed by atoms with Crippen LogP contribution in [0, 0.1) is 0 Å². The fourth-order valence-electron chi connectivity index (χ4n) is 5.75. The Labute approximate surface area is 287 Å². The normalized spacial score (nSPS) is 11.3. The third-order valence-corrected chi connectivity index (χ3v) is 8.80. The topological polar surface area (TPSA) is 74.6 Å². The summed E-state index contributed by atoms with van der Waals surface area (Å²) < 4.78 is 0. The van der Waals surface area contributed by atoms with E-state index in [0.717, 1.165) is 25.7 Å². The zero-order valence-corrected chi connectivity index (χ0v) is 31.1. The molecule has 0 radical (unpaired) electrons. The van der Waals surface area contributed by atoms with Crippen molar-refractivity contribution in [1.29, 1.82) is 0 Å². The van der Waals surface area contributed by atoms with Crippen molar-refractivity contribution in [3.05, 3.63) is 24.3 Å². The highest BCUT2D eigenvalue weighted by Gasteiger charge is 1.98. The number of aliphatic carboxylic acids is 2. The van der Waals surface area contributed by atoms with Gasteiger partial charge in [0, 0.05) is 12.8 Å². The van der Waals surface area contributed by atoms with Crippen LogP contribution in [0.25, 0.3) is 0 Å². The van der Waals surface area contributed by atoms with Crippen molar-refractivity contribution >= 4 is 11.9 Å². The highest BCUT2D eigenvalue weighted by atomic mass is 16.4. The first kappa shape index (κ1) is 46.5. The van der Waals surface area contributed by atoms with Crippen molar-refractivity contribution in [2.75, 3.05) is 0 Å². The van der Waals surface area contributed by atoms with Gasteiger partial charge in [0.05, 0.1) is 0 Å². The Hall–Kier alpha value is -1.58. The smallest absolute Gasteiger partial charge is 0.303 e. The van der Waals surface area contributed by atoms with Crippen LogP contribution in [0.5, 0.6) is 0 Å². The van der Waals surface area contributed by atoms with E-state index in [2.05, 4.69) is 38.2 Å². The highest BCUT2D eigenvalue weighted by Crippen LogP contribution is 2.13. The van der Waals surface area contributed by atoms with Gasteiger partial charge in [0.15, 0.2) is 0 Å². The van der Waals surface area contributed by atoms with Gasteiger partial charge in [-0.25, -0.2) is 0 Å². The second-order valence-electron chi connectivity index (χ2n) is 13.6. The van der Waals surface area contributed by atoms with E-state index in [1.165, 1.54) is 180 Å². The molecule has 0 amide bonds. The molecule has 0 fully saturated rings. The van der Waals surface area contributed by atoms with Gasteiger partial charge in [0.25, 0.3) is 0 Å². The fraction of sp³-hybridized carbons (Fsp3) is 0.857. The number of rotatable bonds is 36. The highest BCUT2D eigenvalue weighted by molar-refractivity contribution is 5.66. The van der Waals surface area contributed by atoms with Crippen molar-refractivity contribution in [3.8, 4) is 0 Å². The molecule has 0 saturated heterocycles. The van der Waals surface area contributed by atoms with Crippen molar-refractivity contribution < 1.29 is 19.8 Å². The van der Waals surface area contributed by atoms with Crippen molar-refractivity contribution in [2.24, 2.45) is 0 Å². The van der Waals surface area contributed by atoms with Gasteiger partial charge in [-0.2, -0.15) is 0 Å². The Morgan fingerprint density at radius 3 is 0.739 bits per heavy atom. The fourth-order valence-corrected chi connectivity index (χ4v) is 5.75. The maximum Gasteiger partial charge on any atom is 0.303 e. The van der Waals surface area contributed by atoms with Crippen LogP contribution in [-0.4, -0.2) is 22.2 Å². The summed E-state index contributed by atoms with van der Waals surface area (Å²) in [5, 5.41) is 17.1. The summed E-state index contributed by atoms with van der Waals surface area (Å²) in [6.07, 6.45) is 51.3. The summed E-state index contributed by atoms with van der Waals surface area (Å²) in [7, 11) is 0. The van der Waals surface area contributed by atoms with Crippen LogP contribution in [-0.2, 0) is 9.59 Å². The predicted octanol–water partition coefficient (Wildman–Crippen LogP) is 14.6. The summed E-state index contributed by atoms with van der Waals surface area (Å²) >= 11 is 0. The van der Waals surface area contributed by atoms with Gasteiger partial charge in [-0.05, 0) is 64.2 Å². The van der Waals surface area contributed by atoms with Crippen LogP contribution < -0.4 is 0 Å². The number of carboxylic acids is 2. The Balaban J connectivity index is 0. The molecule has 4 heteroatoms. The van der Waals surface area contributed by atoms with E-state index in [-0.39, 0.29) is 0 Å². The SMILES string of the molecule is CCCCCCCC/C=C\CCCCCCCCCCCC(=O)O.CCCCCCCCCCC=CCCCCCCCC(=O)O. The Morgan fingerprint density at radius 2 is 0.522 bits per heavy atom. The number of hydrogen-bond acceptors (Lipinski definition) is 2. The number of allylic oxidation sites excluding steroid dienone is 4. The second-order valence-corrected chi connectivity index (χ2v) is 13.6. The zero-order chi connectivity index (χ0) is 34.0. The Kier molecular flexibility index (Phi) is 43.9. The van der Waals surface area contributed by atoms with Gasteiger partial charge in [0.2, 0.25) is 0 Å². The lowest BCUT2D eigenvalue weighted by atomic mass is 10.1. The number of carbonyl (C=O) groups is 2. The molecule has 272 valence electrons. The third-order valence-electron chi connectivity index (χ3n) is 8.80. The van der Waals surface area contributed by atoms with Gasteiger partial charge in [0.1, 0.15) is 0 Å². The number of unbranched alkanes of at least 4 members (excludes halogenated alkanes) is 28. The molecular weight excluding hydrogens is 568 g/mol. The summed E-state index contributed by atoms with van der Waals surface area (Å²) in [5.41, 5.74) is 0. The third kappa shape index (κ3) is 49.3. The second kappa shape index (κ2) is 43.4. The molecule has 0 aromatic carbocycles. The van der Waals surface area contributed by atoms with Gasteiger partial charge in [-0.1, -0.05) is 179 Å². The van der Waals surface area contributed by atoms with Gasteiger partial charge < -0.3 is 10.2 Å². The van der Waals surface area contributed by atoms with E-state index in [1.807, 2.05) is 0 Å². The van der Waals surface area contributed by atoms with Crippen molar-refractivity contribution in [1.82, 2.24) is 0 Å². The van der Waals surface area contributed by atoms with E-state index >= 15 is 0 Å². The lowest BCUT2D eigenvalue weighted by Crippen LogP contribution is -1.93. The summed E-state index contributed by atoms with van der Waals surface area (Å²) in [6.45, 7) is 4.54. The molecule has 0 unspecified atom stereocenters. The predicted molar refractivity (Wildman–Crippen MR) is 202 cm³/mol. The van der Waals surface area contributed by atoms with Crippen molar-refractivity contribution in [3.63, 3.8) is 0 Å². The van der Waals surface area contributed by atoms with E-state index in [4.69, 9.17) is 10.2 Å². The van der Waals surface area contributed by atoms with Crippen LogP contribution >= 0.6 is 0 Å². The van der Waals surface area contributed by atoms with E-state index in [0.29, 0.717) is 12.8 Å². The molecule has 0 aromatic rings. The first-order valence-corrected chi connectivity index (χ1v) is 20.3. The Bertz CT molecular complexity index is 654. The maximum absolute atomic E-state index is 10.4.